The molecule has 0 fully saturated rings. The first-order chi connectivity index (χ1) is 6.48. The van der Waals surface area contributed by atoms with Gasteiger partial charge in [-0.1, -0.05) is 6.58 Å². The van der Waals surface area contributed by atoms with Gasteiger partial charge in [0.05, 0.1) is 6.54 Å². The molecule has 0 aromatic carbocycles. The molecule has 3 nitrogen and oxygen atoms in total. The molecule has 0 aliphatic heterocycles. The van der Waals surface area contributed by atoms with Gasteiger partial charge in [-0.3, -0.25) is 0 Å². The van der Waals surface area contributed by atoms with Crippen molar-refractivity contribution in [2.24, 2.45) is 0 Å². The van der Waals surface area contributed by atoms with Crippen molar-refractivity contribution in [2.75, 3.05) is 33.9 Å². The highest BCUT2D eigenvalue weighted by molar-refractivity contribution is 6.22. The lowest BCUT2D eigenvalue weighted by molar-refractivity contribution is -0.208. The molecular formula is C10H23NO2Si. The number of hydrogen-bond donors (Lipinski definition) is 0. The van der Waals surface area contributed by atoms with Crippen LogP contribution in [0.3, 0.4) is 0 Å². The SMILES string of the molecule is C=C([SiH3])C(CN(C)C)(OCC)OCC. The maximum absolute atomic E-state index is 5.71. The molecule has 0 saturated carbocycles. The van der Waals surface area contributed by atoms with Crippen molar-refractivity contribution in [3.63, 3.8) is 0 Å². The molecule has 0 spiro atoms. The third kappa shape index (κ3) is 3.92. The zero-order valence-corrected chi connectivity index (χ0v) is 12.1. The predicted molar refractivity (Wildman–Crippen MR) is 63.6 cm³/mol. The Morgan fingerprint density at radius 2 is 1.71 bits per heavy atom. The number of ether oxygens (including phenoxy) is 2. The average Bonchev–Trinajstić information content (AvgIpc) is 2.03. The summed E-state index contributed by atoms with van der Waals surface area (Å²) in [6.07, 6.45) is 0. The fourth-order valence-corrected chi connectivity index (χ4v) is 1.84. The molecule has 0 unspecified atom stereocenters. The van der Waals surface area contributed by atoms with Gasteiger partial charge in [-0.25, -0.2) is 0 Å². The van der Waals surface area contributed by atoms with Crippen LogP contribution in [-0.4, -0.2) is 54.8 Å². The summed E-state index contributed by atoms with van der Waals surface area (Å²) in [5, 5.41) is 1.05. The second kappa shape index (κ2) is 6.34. The summed E-state index contributed by atoms with van der Waals surface area (Å²) < 4.78 is 11.4. The molecule has 0 atom stereocenters. The average molecular weight is 217 g/mol. The Kier molecular flexibility index (Phi) is 6.27. The molecule has 0 bridgehead atoms. The zero-order valence-electron chi connectivity index (χ0n) is 10.1. The van der Waals surface area contributed by atoms with E-state index in [-0.39, 0.29) is 0 Å². The Morgan fingerprint density at radius 3 is 1.93 bits per heavy atom. The van der Waals surface area contributed by atoms with Crippen molar-refractivity contribution >= 4 is 10.2 Å². The molecule has 0 aromatic rings. The molecule has 0 rings (SSSR count). The minimum Gasteiger partial charge on any atom is -0.346 e. The van der Waals surface area contributed by atoms with Crippen LogP contribution in [0.25, 0.3) is 0 Å². The van der Waals surface area contributed by atoms with Crippen LogP contribution in [0.5, 0.6) is 0 Å². The quantitative estimate of drug-likeness (QED) is 0.449. The van der Waals surface area contributed by atoms with E-state index in [2.05, 4.69) is 11.5 Å². The number of likely N-dealkylation sites (N-methyl/N-ethyl adjacent to an activating group) is 1. The maximum Gasteiger partial charge on any atom is 0.198 e. The molecular weight excluding hydrogens is 194 g/mol. The highest BCUT2D eigenvalue weighted by Crippen LogP contribution is 2.21. The highest BCUT2D eigenvalue weighted by Gasteiger charge is 2.32. The van der Waals surface area contributed by atoms with Gasteiger partial charge in [0, 0.05) is 23.5 Å². The van der Waals surface area contributed by atoms with Gasteiger partial charge in [0.25, 0.3) is 0 Å². The fourth-order valence-electron chi connectivity index (χ4n) is 1.40. The Balaban J connectivity index is 4.64. The topological polar surface area (TPSA) is 21.7 Å². The van der Waals surface area contributed by atoms with Gasteiger partial charge >= 0.3 is 0 Å². The van der Waals surface area contributed by atoms with Gasteiger partial charge in [-0.15, -0.1) is 0 Å². The second-order valence-corrected chi connectivity index (χ2v) is 4.84. The van der Waals surface area contributed by atoms with Crippen LogP contribution in [0.1, 0.15) is 13.8 Å². The molecule has 0 aliphatic rings. The Bertz CT molecular complexity index is 177. The summed E-state index contributed by atoms with van der Waals surface area (Å²) in [7, 11) is 4.91. The lowest BCUT2D eigenvalue weighted by atomic mass is 10.2. The number of rotatable bonds is 7. The van der Waals surface area contributed by atoms with E-state index >= 15 is 0 Å². The standard InChI is InChI=1S/C10H23NO2Si/c1-6-12-10(9(3)14,13-7-2)8-11(4)5/h3,6-8H2,1-2,4-5,14H3. The monoisotopic (exact) mass is 217 g/mol. The van der Waals surface area contributed by atoms with E-state index in [0.717, 1.165) is 22.0 Å². The molecule has 84 valence electrons. The first-order valence-electron chi connectivity index (χ1n) is 5.07. The van der Waals surface area contributed by atoms with E-state index < -0.39 is 5.79 Å². The van der Waals surface area contributed by atoms with E-state index in [4.69, 9.17) is 9.47 Å². The Morgan fingerprint density at radius 1 is 1.29 bits per heavy atom. The van der Waals surface area contributed by atoms with Crippen LogP contribution in [0.2, 0.25) is 0 Å². The second-order valence-electron chi connectivity index (χ2n) is 3.64. The summed E-state index contributed by atoms with van der Waals surface area (Å²) in [5.41, 5.74) is 0. The van der Waals surface area contributed by atoms with Crippen molar-refractivity contribution in [1.29, 1.82) is 0 Å². The van der Waals surface area contributed by atoms with E-state index in [0.29, 0.717) is 13.2 Å². The molecule has 0 N–H and O–H groups in total. The fraction of sp³-hybridized carbons (Fsp3) is 0.800. The van der Waals surface area contributed by atoms with E-state index in [1.54, 1.807) is 0 Å². The van der Waals surface area contributed by atoms with Crippen LogP contribution < -0.4 is 0 Å². The van der Waals surface area contributed by atoms with Crippen molar-refractivity contribution in [1.82, 2.24) is 4.90 Å². The van der Waals surface area contributed by atoms with Crippen molar-refractivity contribution in [3.8, 4) is 0 Å². The lowest BCUT2D eigenvalue weighted by Gasteiger charge is -2.36. The predicted octanol–water partition coefficient (Wildman–Crippen LogP) is 0.196. The van der Waals surface area contributed by atoms with Gasteiger partial charge < -0.3 is 14.4 Å². The summed E-state index contributed by atoms with van der Waals surface area (Å²) >= 11 is 0. The van der Waals surface area contributed by atoms with E-state index in [9.17, 15) is 0 Å². The lowest BCUT2D eigenvalue weighted by Crippen LogP contribution is -2.47. The van der Waals surface area contributed by atoms with Gasteiger partial charge in [0.2, 0.25) is 0 Å². The maximum atomic E-state index is 5.71. The molecule has 0 radical (unpaired) electrons. The molecule has 0 amide bonds. The third-order valence-corrected chi connectivity index (χ3v) is 2.69. The number of nitrogens with zero attached hydrogens (tertiary/aromatic N) is 1. The Hall–Kier alpha value is -0.163. The summed E-state index contributed by atoms with van der Waals surface area (Å²) in [5.74, 6) is -0.584. The van der Waals surface area contributed by atoms with Gasteiger partial charge in [-0.05, 0) is 33.1 Å². The van der Waals surface area contributed by atoms with Crippen LogP contribution in [-0.2, 0) is 9.47 Å². The summed E-state index contributed by atoms with van der Waals surface area (Å²) in [6.45, 7) is 9.99. The van der Waals surface area contributed by atoms with Crippen LogP contribution in [0.15, 0.2) is 11.8 Å². The summed E-state index contributed by atoms with van der Waals surface area (Å²) in [4.78, 5) is 2.06. The van der Waals surface area contributed by atoms with E-state index in [1.807, 2.05) is 27.9 Å². The first-order valence-corrected chi connectivity index (χ1v) is 6.07. The Labute approximate surface area is 90.5 Å². The highest BCUT2D eigenvalue weighted by atomic mass is 28.1. The van der Waals surface area contributed by atoms with Crippen LogP contribution in [0.4, 0.5) is 0 Å². The molecule has 0 aromatic heterocycles. The minimum atomic E-state index is -0.584. The van der Waals surface area contributed by atoms with Gasteiger partial charge in [0.1, 0.15) is 0 Å². The van der Waals surface area contributed by atoms with Gasteiger partial charge in [-0.2, -0.15) is 0 Å². The summed E-state index contributed by atoms with van der Waals surface area (Å²) in [6, 6.07) is 0. The molecule has 4 heteroatoms. The van der Waals surface area contributed by atoms with Crippen molar-refractivity contribution < 1.29 is 9.47 Å². The zero-order chi connectivity index (χ0) is 11.2. The minimum absolute atomic E-state index is 0.584. The van der Waals surface area contributed by atoms with Gasteiger partial charge in [0.15, 0.2) is 5.79 Å². The molecule has 0 aliphatic carbocycles. The molecule has 0 heterocycles. The third-order valence-electron chi connectivity index (χ3n) is 1.93. The largest absolute Gasteiger partial charge is 0.346 e. The first kappa shape index (κ1) is 13.8. The molecule has 14 heavy (non-hydrogen) atoms. The van der Waals surface area contributed by atoms with Crippen LogP contribution >= 0.6 is 0 Å². The van der Waals surface area contributed by atoms with Crippen LogP contribution in [0, 0.1) is 0 Å². The smallest absolute Gasteiger partial charge is 0.198 e. The van der Waals surface area contributed by atoms with Crippen molar-refractivity contribution in [3.05, 3.63) is 11.8 Å². The van der Waals surface area contributed by atoms with E-state index in [1.165, 1.54) is 0 Å². The normalized spacial score (nSPS) is 12.4. The number of hydrogen-bond acceptors (Lipinski definition) is 3. The molecule has 0 saturated heterocycles. The van der Waals surface area contributed by atoms with Crippen molar-refractivity contribution in [2.45, 2.75) is 19.6 Å².